The second kappa shape index (κ2) is 8.17. The molecule has 2 aromatic carbocycles. The largest absolute Gasteiger partial charge is 0.309 e. The topological polar surface area (TPSA) is 50.2 Å². The Kier molecular flexibility index (Phi) is 5.71. The SMILES string of the molecule is Cc1cc(NC(=O)CN(C)Cc2ccc(Cl)cc2)n(-c2ccccc2)n1. The number of nitrogens with zero attached hydrogens (tertiary/aromatic N) is 3. The summed E-state index contributed by atoms with van der Waals surface area (Å²) >= 11 is 5.90. The van der Waals surface area contributed by atoms with Crippen molar-refractivity contribution >= 4 is 23.3 Å². The van der Waals surface area contributed by atoms with E-state index in [1.54, 1.807) is 4.68 Å². The number of likely N-dealkylation sites (N-methyl/N-ethyl adjacent to an activating group) is 1. The summed E-state index contributed by atoms with van der Waals surface area (Å²) in [5, 5.41) is 8.13. The van der Waals surface area contributed by atoms with Gasteiger partial charge in [-0.15, -0.1) is 0 Å². The van der Waals surface area contributed by atoms with Gasteiger partial charge in [-0.1, -0.05) is 41.9 Å². The first-order chi connectivity index (χ1) is 12.5. The third kappa shape index (κ3) is 4.71. The molecule has 0 fully saturated rings. The number of halogens is 1. The summed E-state index contributed by atoms with van der Waals surface area (Å²) in [5.41, 5.74) is 2.86. The van der Waals surface area contributed by atoms with Crippen LogP contribution in [-0.2, 0) is 11.3 Å². The van der Waals surface area contributed by atoms with Gasteiger partial charge in [0, 0.05) is 17.6 Å². The number of rotatable bonds is 6. The third-order valence-corrected chi connectivity index (χ3v) is 4.13. The highest BCUT2D eigenvalue weighted by atomic mass is 35.5. The van der Waals surface area contributed by atoms with Gasteiger partial charge in [0.25, 0.3) is 0 Å². The number of carbonyl (C=O) groups excluding carboxylic acids is 1. The van der Waals surface area contributed by atoms with E-state index in [4.69, 9.17) is 11.6 Å². The van der Waals surface area contributed by atoms with Crippen molar-refractivity contribution in [2.75, 3.05) is 18.9 Å². The fourth-order valence-electron chi connectivity index (χ4n) is 2.74. The molecule has 0 bridgehead atoms. The number of carbonyl (C=O) groups is 1. The second-order valence-electron chi connectivity index (χ2n) is 6.27. The number of aryl methyl sites for hydroxylation is 1. The summed E-state index contributed by atoms with van der Waals surface area (Å²) in [5.74, 6) is 0.581. The summed E-state index contributed by atoms with van der Waals surface area (Å²) in [7, 11) is 1.91. The van der Waals surface area contributed by atoms with Crippen LogP contribution >= 0.6 is 11.6 Å². The summed E-state index contributed by atoms with van der Waals surface area (Å²) in [6.07, 6.45) is 0. The van der Waals surface area contributed by atoms with Gasteiger partial charge in [-0.25, -0.2) is 4.68 Å². The van der Waals surface area contributed by atoms with E-state index in [1.807, 2.05) is 79.5 Å². The minimum atomic E-state index is -0.0847. The quantitative estimate of drug-likeness (QED) is 0.717. The Bertz CT molecular complexity index is 875. The fourth-order valence-corrected chi connectivity index (χ4v) is 2.87. The zero-order valence-corrected chi connectivity index (χ0v) is 15.6. The van der Waals surface area contributed by atoms with Crippen molar-refractivity contribution in [3.8, 4) is 5.69 Å². The molecule has 26 heavy (non-hydrogen) atoms. The smallest absolute Gasteiger partial charge is 0.239 e. The maximum Gasteiger partial charge on any atom is 0.239 e. The molecule has 0 saturated heterocycles. The molecule has 1 N–H and O–H groups in total. The first-order valence-electron chi connectivity index (χ1n) is 8.36. The van der Waals surface area contributed by atoms with Gasteiger partial charge in [0.05, 0.1) is 17.9 Å². The van der Waals surface area contributed by atoms with Crippen LogP contribution in [0.1, 0.15) is 11.3 Å². The molecule has 0 radical (unpaired) electrons. The second-order valence-corrected chi connectivity index (χ2v) is 6.70. The van der Waals surface area contributed by atoms with Gasteiger partial charge < -0.3 is 5.32 Å². The van der Waals surface area contributed by atoms with Gasteiger partial charge in [-0.05, 0) is 43.8 Å². The van der Waals surface area contributed by atoms with Crippen molar-refractivity contribution in [3.63, 3.8) is 0 Å². The molecule has 134 valence electrons. The first-order valence-corrected chi connectivity index (χ1v) is 8.74. The molecule has 1 aromatic heterocycles. The summed E-state index contributed by atoms with van der Waals surface area (Å²) < 4.78 is 1.74. The first kappa shape index (κ1) is 18.2. The van der Waals surface area contributed by atoms with Crippen molar-refractivity contribution in [1.29, 1.82) is 0 Å². The minimum Gasteiger partial charge on any atom is -0.309 e. The Morgan fingerprint density at radius 3 is 2.54 bits per heavy atom. The predicted molar refractivity (Wildman–Crippen MR) is 105 cm³/mol. The lowest BCUT2D eigenvalue weighted by Gasteiger charge is -2.16. The van der Waals surface area contributed by atoms with Crippen LogP contribution in [0.4, 0.5) is 5.82 Å². The number of benzene rings is 2. The Balaban J connectivity index is 1.64. The van der Waals surface area contributed by atoms with Crippen LogP contribution in [-0.4, -0.2) is 34.2 Å². The van der Waals surface area contributed by atoms with E-state index in [2.05, 4.69) is 10.4 Å². The van der Waals surface area contributed by atoms with E-state index in [0.29, 0.717) is 17.4 Å². The number of aromatic nitrogens is 2. The molecule has 3 rings (SSSR count). The molecule has 0 aliphatic rings. The van der Waals surface area contributed by atoms with Crippen molar-refractivity contribution in [2.24, 2.45) is 0 Å². The van der Waals surface area contributed by atoms with Crippen molar-refractivity contribution in [2.45, 2.75) is 13.5 Å². The van der Waals surface area contributed by atoms with E-state index < -0.39 is 0 Å². The lowest BCUT2D eigenvalue weighted by atomic mass is 10.2. The molecule has 1 heterocycles. The number of anilines is 1. The van der Waals surface area contributed by atoms with Crippen LogP contribution in [0, 0.1) is 6.92 Å². The number of para-hydroxylation sites is 1. The summed E-state index contributed by atoms with van der Waals surface area (Å²) in [6.45, 7) is 2.85. The average Bonchev–Trinajstić information content (AvgIpc) is 2.97. The van der Waals surface area contributed by atoms with Crippen molar-refractivity contribution in [1.82, 2.24) is 14.7 Å². The fraction of sp³-hybridized carbons (Fsp3) is 0.200. The molecule has 3 aromatic rings. The number of hydrogen-bond donors (Lipinski definition) is 1. The normalized spacial score (nSPS) is 10.9. The molecule has 0 unspecified atom stereocenters. The molecular weight excluding hydrogens is 348 g/mol. The number of amides is 1. The number of nitrogens with one attached hydrogen (secondary N) is 1. The zero-order chi connectivity index (χ0) is 18.5. The molecule has 0 spiro atoms. The van der Waals surface area contributed by atoms with Gasteiger partial charge in [-0.2, -0.15) is 5.10 Å². The highest BCUT2D eigenvalue weighted by Gasteiger charge is 2.12. The van der Waals surface area contributed by atoms with Gasteiger partial charge in [0.2, 0.25) is 5.91 Å². The van der Waals surface area contributed by atoms with E-state index in [-0.39, 0.29) is 12.5 Å². The van der Waals surface area contributed by atoms with Crippen LogP contribution in [0.3, 0.4) is 0 Å². The van der Waals surface area contributed by atoms with Gasteiger partial charge >= 0.3 is 0 Å². The summed E-state index contributed by atoms with van der Waals surface area (Å²) in [6, 6.07) is 19.2. The third-order valence-electron chi connectivity index (χ3n) is 3.88. The monoisotopic (exact) mass is 368 g/mol. The van der Waals surface area contributed by atoms with Crippen LogP contribution in [0.15, 0.2) is 60.7 Å². The lowest BCUT2D eigenvalue weighted by Crippen LogP contribution is -2.30. The lowest BCUT2D eigenvalue weighted by molar-refractivity contribution is -0.117. The van der Waals surface area contributed by atoms with Crippen LogP contribution in [0.2, 0.25) is 5.02 Å². The molecule has 0 saturated carbocycles. The highest BCUT2D eigenvalue weighted by molar-refractivity contribution is 6.30. The van der Waals surface area contributed by atoms with Gasteiger partial charge in [0.15, 0.2) is 0 Å². The van der Waals surface area contributed by atoms with Crippen molar-refractivity contribution < 1.29 is 4.79 Å². The van der Waals surface area contributed by atoms with E-state index >= 15 is 0 Å². The highest BCUT2D eigenvalue weighted by Crippen LogP contribution is 2.17. The molecule has 6 heteroatoms. The van der Waals surface area contributed by atoms with Crippen LogP contribution in [0.25, 0.3) is 5.69 Å². The predicted octanol–water partition coefficient (Wildman–Crippen LogP) is 3.90. The van der Waals surface area contributed by atoms with Gasteiger partial charge in [-0.3, -0.25) is 9.69 Å². The molecule has 0 aliphatic carbocycles. The average molecular weight is 369 g/mol. The van der Waals surface area contributed by atoms with Crippen molar-refractivity contribution in [3.05, 3.63) is 76.9 Å². The molecular formula is C20H21ClN4O. The maximum atomic E-state index is 12.4. The summed E-state index contributed by atoms with van der Waals surface area (Å²) in [4.78, 5) is 14.4. The Morgan fingerprint density at radius 1 is 1.15 bits per heavy atom. The van der Waals surface area contributed by atoms with E-state index in [0.717, 1.165) is 16.9 Å². The minimum absolute atomic E-state index is 0.0847. The maximum absolute atomic E-state index is 12.4. The molecule has 0 aliphatic heterocycles. The molecule has 1 amide bonds. The van der Waals surface area contributed by atoms with Gasteiger partial charge in [0.1, 0.15) is 5.82 Å². The molecule has 5 nitrogen and oxygen atoms in total. The zero-order valence-electron chi connectivity index (χ0n) is 14.8. The Labute approximate surface area is 158 Å². The van der Waals surface area contributed by atoms with Crippen LogP contribution < -0.4 is 5.32 Å². The Hall–Kier alpha value is -2.63. The standard InChI is InChI=1S/C20H21ClN4O/c1-15-12-19(25(23-15)18-6-4-3-5-7-18)22-20(26)14-24(2)13-16-8-10-17(21)11-9-16/h3-12H,13-14H2,1-2H3,(H,22,26). The Morgan fingerprint density at radius 2 is 1.85 bits per heavy atom. The van der Waals surface area contributed by atoms with E-state index in [9.17, 15) is 4.79 Å². The number of hydrogen-bond acceptors (Lipinski definition) is 3. The van der Waals surface area contributed by atoms with Crippen LogP contribution in [0.5, 0.6) is 0 Å². The molecule has 0 atom stereocenters. The van der Waals surface area contributed by atoms with E-state index in [1.165, 1.54) is 0 Å².